The number of nitrogen functional groups attached to an aromatic ring is 1. The van der Waals surface area contributed by atoms with Crippen molar-refractivity contribution in [2.45, 2.75) is 6.92 Å². The molecule has 1 heterocycles. The standard InChI is InChI=1S/C16H14FN5O/c1-10-2-4-11(5-3-10)14(23)22-15(18)20-16(21-22)19-13-8-6-12(17)7-9-13/h2-9H,1H3,(H3,18,19,20,21). The summed E-state index contributed by atoms with van der Waals surface area (Å²) in [5.74, 6) is -0.583. The molecule has 3 aromatic rings. The molecule has 0 unspecified atom stereocenters. The SMILES string of the molecule is Cc1ccc(C(=O)n2nc(Nc3ccc(F)cc3)nc2N)cc1. The Morgan fingerprint density at radius 3 is 2.43 bits per heavy atom. The van der Waals surface area contributed by atoms with E-state index in [1.165, 1.54) is 24.3 Å². The number of carbonyl (C=O) groups excluding carboxylic acids is 1. The van der Waals surface area contributed by atoms with Crippen LogP contribution in [0.5, 0.6) is 0 Å². The van der Waals surface area contributed by atoms with E-state index in [1.807, 2.05) is 19.1 Å². The zero-order chi connectivity index (χ0) is 16.4. The Morgan fingerprint density at radius 1 is 1.13 bits per heavy atom. The van der Waals surface area contributed by atoms with Crippen LogP contribution in [0.2, 0.25) is 0 Å². The van der Waals surface area contributed by atoms with Gasteiger partial charge in [0, 0.05) is 11.3 Å². The van der Waals surface area contributed by atoms with E-state index in [1.54, 1.807) is 12.1 Å². The van der Waals surface area contributed by atoms with Crippen molar-refractivity contribution in [3.63, 3.8) is 0 Å². The Morgan fingerprint density at radius 2 is 1.78 bits per heavy atom. The first kappa shape index (κ1) is 14.7. The molecule has 0 aliphatic heterocycles. The molecule has 0 amide bonds. The van der Waals surface area contributed by atoms with Gasteiger partial charge in [-0.2, -0.15) is 9.67 Å². The number of nitrogens with one attached hydrogen (secondary N) is 1. The van der Waals surface area contributed by atoms with Gasteiger partial charge in [0.1, 0.15) is 5.82 Å². The van der Waals surface area contributed by atoms with Gasteiger partial charge in [-0.1, -0.05) is 17.7 Å². The molecule has 0 bridgehead atoms. The first-order chi connectivity index (χ1) is 11.0. The first-order valence-electron chi connectivity index (χ1n) is 6.89. The minimum Gasteiger partial charge on any atom is -0.368 e. The summed E-state index contributed by atoms with van der Waals surface area (Å²) in [7, 11) is 0. The van der Waals surface area contributed by atoms with E-state index in [0.29, 0.717) is 11.3 Å². The van der Waals surface area contributed by atoms with Gasteiger partial charge in [0.25, 0.3) is 5.91 Å². The number of benzene rings is 2. The number of hydrogen-bond acceptors (Lipinski definition) is 5. The molecular formula is C16H14FN5O. The fraction of sp³-hybridized carbons (Fsp3) is 0.0625. The number of nitrogens with zero attached hydrogens (tertiary/aromatic N) is 3. The van der Waals surface area contributed by atoms with Gasteiger partial charge in [0.15, 0.2) is 0 Å². The molecule has 23 heavy (non-hydrogen) atoms. The van der Waals surface area contributed by atoms with E-state index in [0.717, 1.165) is 10.2 Å². The highest BCUT2D eigenvalue weighted by atomic mass is 19.1. The molecule has 0 aliphatic carbocycles. The monoisotopic (exact) mass is 311 g/mol. The summed E-state index contributed by atoms with van der Waals surface area (Å²) in [6, 6.07) is 12.7. The minimum absolute atomic E-state index is 0.0276. The fourth-order valence-corrected chi connectivity index (χ4v) is 2.01. The van der Waals surface area contributed by atoms with Crippen molar-refractivity contribution in [2.24, 2.45) is 0 Å². The van der Waals surface area contributed by atoms with Crippen molar-refractivity contribution >= 4 is 23.5 Å². The van der Waals surface area contributed by atoms with E-state index < -0.39 is 0 Å². The second kappa shape index (κ2) is 5.88. The largest absolute Gasteiger partial charge is 0.368 e. The lowest BCUT2D eigenvalue weighted by molar-refractivity contribution is 0.0948. The molecule has 0 spiro atoms. The van der Waals surface area contributed by atoms with Gasteiger partial charge in [-0.25, -0.2) is 4.39 Å². The van der Waals surface area contributed by atoms with Crippen LogP contribution in [0, 0.1) is 12.7 Å². The Labute approximate surface area is 131 Å². The molecule has 0 radical (unpaired) electrons. The van der Waals surface area contributed by atoms with Crippen LogP contribution >= 0.6 is 0 Å². The maximum Gasteiger partial charge on any atom is 0.281 e. The second-order valence-corrected chi connectivity index (χ2v) is 5.01. The molecule has 0 saturated carbocycles. The highest BCUT2D eigenvalue weighted by Crippen LogP contribution is 2.16. The van der Waals surface area contributed by atoms with Gasteiger partial charge in [0.2, 0.25) is 11.9 Å². The summed E-state index contributed by atoms with van der Waals surface area (Å²) >= 11 is 0. The van der Waals surface area contributed by atoms with Crippen molar-refractivity contribution in [3.05, 3.63) is 65.5 Å². The Kier molecular flexibility index (Phi) is 3.76. The molecule has 1 aromatic heterocycles. The first-order valence-corrected chi connectivity index (χ1v) is 6.89. The van der Waals surface area contributed by atoms with Gasteiger partial charge in [-0.3, -0.25) is 4.79 Å². The molecule has 2 aromatic carbocycles. The third kappa shape index (κ3) is 3.18. The van der Waals surface area contributed by atoms with Crippen molar-refractivity contribution in [1.82, 2.24) is 14.8 Å². The van der Waals surface area contributed by atoms with Crippen molar-refractivity contribution in [3.8, 4) is 0 Å². The number of halogens is 1. The third-order valence-corrected chi connectivity index (χ3v) is 3.22. The van der Waals surface area contributed by atoms with Crippen LogP contribution in [-0.2, 0) is 0 Å². The van der Waals surface area contributed by atoms with E-state index >= 15 is 0 Å². The summed E-state index contributed by atoms with van der Waals surface area (Å²) < 4.78 is 13.9. The van der Waals surface area contributed by atoms with Crippen LogP contribution in [0.25, 0.3) is 0 Å². The van der Waals surface area contributed by atoms with Crippen molar-refractivity contribution in [1.29, 1.82) is 0 Å². The van der Waals surface area contributed by atoms with Crippen molar-refractivity contribution < 1.29 is 9.18 Å². The molecular weight excluding hydrogens is 297 g/mol. The molecule has 7 heteroatoms. The lowest BCUT2D eigenvalue weighted by Crippen LogP contribution is -2.16. The molecule has 0 saturated heterocycles. The van der Waals surface area contributed by atoms with E-state index in [4.69, 9.17) is 5.73 Å². The Bertz CT molecular complexity index is 840. The van der Waals surface area contributed by atoms with Crippen LogP contribution in [0.1, 0.15) is 15.9 Å². The van der Waals surface area contributed by atoms with Crippen LogP contribution in [-0.4, -0.2) is 20.7 Å². The molecule has 6 nitrogen and oxygen atoms in total. The van der Waals surface area contributed by atoms with E-state index in [-0.39, 0.29) is 23.6 Å². The van der Waals surface area contributed by atoms with Gasteiger partial charge >= 0.3 is 0 Å². The summed E-state index contributed by atoms with van der Waals surface area (Å²) in [4.78, 5) is 16.4. The predicted octanol–water partition coefficient (Wildman–Crippen LogP) is 2.74. The van der Waals surface area contributed by atoms with Crippen LogP contribution in [0.3, 0.4) is 0 Å². The van der Waals surface area contributed by atoms with Crippen LogP contribution in [0.4, 0.5) is 22.0 Å². The number of rotatable bonds is 3. The fourth-order valence-electron chi connectivity index (χ4n) is 2.01. The summed E-state index contributed by atoms with van der Waals surface area (Å²) in [5.41, 5.74) is 7.85. The Balaban J connectivity index is 1.84. The minimum atomic E-state index is -0.373. The van der Waals surface area contributed by atoms with Crippen molar-refractivity contribution in [2.75, 3.05) is 11.1 Å². The zero-order valence-electron chi connectivity index (χ0n) is 12.3. The number of hydrogen-bond donors (Lipinski definition) is 2. The summed E-state index contributed by atoms with van der Waals surface area (Å²) in [5, 5.41) is 6.92. The lowest BCUT2D eigenvalue weighted by atomic mass is 10.1. The highest BCUT2D eigenvalue weighted by Gasteiger charge is 2.15. The number of nitrogens with two attached hydrogens (primary N) is 1. The Hall–Kier alpha value is -3.22. The average molecular weight is 311 g/mol. The quantitative estimate of drug-likeness (QED) is 0.777. The summed E-state index contributed by atoms with van der Waals surface area (Å²) in [6.07, 6.45) is 0. The van der Waals surface area contributed by atoms with Gasteiger partial charge in [-0.15, -0.1) is 5.10 Å². The maximum absolute atomic E-state index is 12.9. The topological polar surface area (TPSA) is 85.8 Å². The number of aromatic nitrogens is 3. The summed E-state index contributed by atoms with van der Waals surface area (Å²) in [6.45, 7) is 1.93. The van der Waals surface area contributed by atoms with E-state index in [9.17, 15) is 9.18 Å². The molecule has 0 atom stereocenters. The smallest absolute Gasteiger partial charge is 0.281 e. The van der Waals surface area contributed by atoms with Crippen LogP contribution < -0.4 is 11.1 Å². The highest BCUT2D eigenvalue weighted by molar-refractivity contribution is 5.96. The number of aryl methyl sites for hydroxylation is 1. The third-order valence-electron chi connectivity index (χ3n) is 3.22. The predicted molar refractivity (Wildman–Crippen MR) is 85.0 cm³/mol. The number of carbonyl (C=O) groups is 1. The normalized spacial score (nSPS) is 10.5. The number of anilines is 3. The zero-order valence-corrected chi connectivity index (χ0v) is 12.3. The van der Waals surface area contributed by atoms with Crippen LogP contribution in [0.15, 0.2) is 48.5 Å². The lowest BCUT2D eigenvalue weighted by Gasteiger charge is -2.02. The average Bonchev–Trinajstić information content (AvgIpc) is 2.90. The second-order valence-electron chi connectivity index (χ2n) is 5.01. The molecule has 3 rings (SSSR count). The molecule has 0 aliphatic rings. The van der Waals surface area contributed by atoms with E-state index in [2.05, 4.69) is 15.4 Å². The van der Waals surface area contributed by atoms with Gasteiger partial charge < -0.3 is 11.1 Å². The molecule has 3 N–H and O–H groups in total. The molecule has 116 valence electrons. The maximum atomic E-state index is 12.9. The van der Waals surface area contributed by atoms with Gasteiger partial charge in [-0.05, 0) is 43.3 Å². The molecule has 0 fully saturated rings. The van der Waals surface area contributed by atoms with Gasteiger partial charge in [0.05, 0.1) is 0 Å².